The average Bonchev–Trinajstić information content (AvgIpc) is 2.00. The lowest BCUT2D eigenvalue weighted by Gasteiger charge is -2.24. The van der Waals surface area contributed by atoms with Crippen LogP contribution in [0, 0.1) is 5.41 Å². The zero-order chi connectivity index (χ0) is 11.2. The van der Waals surface area contributed by atoms with Crippen molar-refractivity contribution in [1.82, 2.24) is 5.32 Å². The third-order valence-corrected chi connectivity index (χ3v) is 3.32. The molecule has 4 heteroatoms. The molecule has 0 aliphatic heterocycles. The maximum atomic E-state index is 11.0. The van der Waals surface area contributed by atoms with Crippen LogP contribution in [0.15, 0.2) is 0 Å². The predicted molar refractivity (Wildman–Crippen MR) is 61.3 cm³/mol. The first kappa shape index (κ1) is 13.9. The summed E-state index contributed by atoms with van der Waals surface area (Å²) >= 11 is 0. The van der Waals surface area contributed by atoms with Crippen molar-refractivity contribution in [3.05, 3.63) is 0 Å². The number of rotatable bonds is 7. The van der Waals surface area contributed by atoms with Gasteiger partial charge in [-0.05, 0) is 31.3 Å². The van der Waals surface area contributed by atoms with E-state index in [4.69, 9.17) is 0 Å². The maximum Gasteiger partial charge on any atom is 0.147 e. The first-order chi connectivity index (χ1) is 6.27. The summed E-state index contributed by atoms with van der Waals surface area (Å²) in [5, 5.41) is 3.25. The first-order valence-electron chi connectivity index (χ1n) is 5.15. The highest BCUT2D eigenvalue weighted by Gasteiger charge is 2.19. The molecule has 0 saturated carbocycles. The van der Waals surface area contributed by atoms with E-state index in [-0.39, 0.29) is 5.41 Å². The zero-order valence-corrected chi connectivity index (χ0v) is 10.6. The van der Waals surface area contributed by atoms with E-state index in [2.05, 4.69) is 26.1 Å². The van der Waals surface area contributed by atoms with E-state index in [1.54, 1.807) is 0 Å². The molecule has 0 unspecified atom stereocenters. The lowest BCUT2D eigenvalue weighted by Crippen LogP contribution is -2.24. The van der Waals surface area contributed by atoms with Crippen molar-refractivity contribution in [1.29, 1.82) is 0 Å². The van der Waals surface area contributed by atoms with Gasteiger partial charge < -0.3 is 5.32 Å². The van der Waals surface area contributed by atoms with E-state index in [9.17, 15) is 8.42 Å². The summed E-state index contributed by atoms with van der Waals surface area (Å²) in [7, 11) is -2.81. The largest absolute Gasteiger partial charge is 0.317 e. The number of sulfone groups is 1. The molecule has 0 fully saturated rings. The van der Waals surface area contributed by atoms with Crippen molar-refractivity contribution < 1.29 is 8.42 Å². The zero-order valence-electron chi connectivity index (χ0n) is 9.76. The van der Waals surface area contributed by atoms with Crippen LogP contribution in [0.2, 0.25) is 0 Å². The van der Waals surface area contributed by atoms with Gasteiger partial charge in [-0.1, -0.05) is 20.8 Å². The second-order valence-corrected chi connectivity index (χ2v) is 6.91. The van der Waals surface area contributed by atoms with Crippen LogP contribution in [0.4, 0.5) is 0 Å². The molecule has 0 radical (unpaired) electrons. The second kappa shape index (κ2) is 5.71. The third kappa shape index (κ3) is 8.51. The molecular weight excluding hydrogens is 198 g/mol. The Kier molecular flexibility index (Phi) is 5.67. The minimum Gasteiger partial charge on any atom is -0.317 e. The van der Waals surface area contributed by atoms with Crippen LogP contribution in [0.5, 0.6) is 0 Å². The van der Waals surface area contributed by atoms with Crippen LogP contribution in [0.1, 0.15) is 33.6 Å². The van der Waals surface area contributed by atoms with Crippen LogP contribution in [0.3, 0.4) is 0 Å². The lowest BCUT2D eigenvalue weighted by atomic mass is 9.86. The third-order valence-electron chi connectivity index (χ3n) is 2.38. The Hall–Kier alpha value is -0.0900. The Morgan fingerprint density at radius 2 is 1.79 bits per heavy atom. The Labute approximate surface area is 88.2 Å². The van der Waals surface area contributed by atoms with E-state index in [1.165, 1.54) is 6.26 Å². The maximum absolute atomic E-state index is 11.0. The Bertz CT molecular complexity index is 245. The molecule has 0 aromatic carbocycles. The second-order valence-electron chi connectivity index (χ2n) is 4.65. The van der Waals surface area contributed by atoms with E-state index in [0.717, 1.165) is 25.9 Å². The van der Waals surface area contributed by atoms with Crippen LogP contribution in [-0.2, 0) is 9.84 Å². The van der Waals surface area contributed by atoms with Gasteiger partial charge in [0.25, 0.3) is 0 Å². The molecule has 1 N–H and O–H groups in total. The number of nitrogens with one attached hydrogen (secondary N) is 1. The van der Waals surface area contributed by atoms with Crippen molar-refractivity contribution in [2.75, 3.05) is 25.1 Å². The van der Waals surface area contributed by atoms with Gasteiger partial charge in [-0.3, -0.25) is 0 Å². The van der Waals surface area contributed by atoms with Gasteiger partial charge in [-0.15, -0.1) is 0 Å². The SMILES string of the molecule is CCNCCC(C)(C)CCS(C)(=O)=O. The van der Waals surface area contributed by atoms with Crippen molar-refractivity contribution in [2.45, 2.75) is 33.6 Å². The van der Waals surface area contributed by atoms with Crippen molar-refractivity contribution in [3.63, 3.8) is 0 Å². The molecule has 0 rings (SSSR count). The van der Waals surface area contributed by atoms with Crippen molar-refractivity contribution in [2.24, 2.45) is 5.41 Å². The standard InChI is InChI=1S/C10H23NO2S/c1-5-11-8-6-10(2,3)7-9-14(4,12)13/h11H,5-9H2,1-4H3. The molecule has 0 aromatic heterocycles. The van der Waals surface area contributed by atoms with E-state index in [0.29, 0.717) is 5.75 Å². The molecule has 0 aromatic rings. The van der Waals surface area contributed by atoms with Gasteiger partial charge in [0.2, 0.25) is 0 Å². The summed E-state index contributed by atoms with van der Waals surface area (Å²) in [6.07, 6.45) is 3.07. The molecule has 0 spiro atoms. The van der Waals surface area contributed by atoms with E-state index >= 15 is 0 Å². The fourth-order valence-corrected chi connectivity index (χ4v) is 2.11. The molecule has 14 heavy (non-hydrogen) atoms. The quantitative estimate of drug-likeness (QED) is 0.662. The molecule has 0 aliphatic carbocycles. The normalized spacial score (nSPS) is 13.1. The van der Waals surface area contributed by atoms with Gasteiger partial charge in [-0.2, -0.15) is 0 Å². The van der Waals surface area contributed by atoms with Crippen molar-refractivity contribution >= 4 is 9.84 Å². The van der Waals surface area contributed by atoms with Gasteiger partial charge in [0.1, 0.15) is 9.84 Å². The highest BCUT2D eigenvalue weighted by molar-refractivity contribution is 7.90. The molecule has 3 nitrogen and oxygen atoms in total. The summed E-state index contributed by atoms with van der Waals surface area (Å²) in [6.45, 7) is 8.25. The topological polar surface area (TPSA) is 46.2 Å². The van der Waals surface area contributed by atoms with E-state index < -0.39 is 9.84 Å². The molecule has 0 aliphatic rings. The summed E-state index contributed by atoms with van der Waals surface area (Å²) in [5.41, 5.74) is 0.116. The molecule has 0 atom stereocenters. The number of hydrogen-bond acceptors (Lipinski definition) is 3. The molecule has 86 valence electrons. The monoisotopic (exact) mass is 221 g/mol. The fourth-order valence-electron chi connectivity index (χ4n) is 1.19. The molecular formula is C10H23NO2S. The Morgan fingerprint density at radius 3 is 2.21 bits per heavy atom. The van der Waals surface area contributed by atoms with Gasteiger partial charge >= 0.3 is 0 Å². The van der Waals surface area contributed by atoms with Gasteiger partial charge in [-0.25, -0.2) is 8.42 Å². The summed E-state index contributed by atoms with van der Waals surface area (Å²) in [4.78, 5) is 0. The van der Waals surface area contributed by atoms with Gasteiger partial charge in [0.05, 0.1) is 5.75 Å². The van der Waals surface area contributed by atoms with Crippen LogP contribution in [0.25, 0.3) is 0 Å². The average molecular weight is 221 g/mol. The van der Waals surface area contributed by atoms with Crippen molar-refractivity contribution in [3.8, 4) is 0 Å². The van der Waals surface area contributed by atoms with E-state index in [1.807, 2.05) is 0 Å². The molecule has 0 heterocycles. The lowest BCUT2D eigenvalue weighted by molar-refractivity contribution is 0.317. The van der Waals surface area contributed by atoms with Crippen LogP contribution >= 0.6 is 0 Å². The number of hydrogen-bond donors (Lipinski definition) is 1. The highest BCUT2D eigenvalue weighted by atomic mass is 32.2. The molecule has 0 bridgehead atoms. The summed E-state index contributed by atoms with van der Waals surface area (Å²) in [6, 6.07) is 0. The first-order valence-corrected chi connectivity index (χ1v) is 7.21. The smallest absolute Gasteiger partial charge is 0.147 e. The Balaban J connectivity index is 3.83. The minimum absolute atomic E-state index is 0.116. The van der Waals surface area contributed by atoms with Crippen LogP contribution in [-0.4, -0.2) is 33.5 Å². The Morgan fingerprint density at radius 1 is 1.21 bits per heavy atom. The highest BCUT2D eigenvalue weighted by Crippen LogP contribution is 2.24. The molecule has 0 amide bonds. The van der Waals surface area contributed by atoms with Gasteiger partial charge in [0.15, 0.2) is 0 Å². The van der Waals surface area contributed by atoms with Gasteiger partial charge in [0, 0.05) is 6.26 Å². The summed E-state index contributed by atoms with van der Waals surface area (Å²) in [5.74, 6) is 0.298. The predicted octanol–water partition coefficient (Wildman–Crippen LogP) is 1.45. The minimum atomic E-state index is -2.81. The molecule has 0 saturated heterocycles. The fraction of sp³-hybridized carbons (Fsp3) is 1.00. The van der Waals surface area contributed by atoms with Crippen LogP contribution < -0.4 is 5.32 Å². The summed E-state index contributed by atoms with van der Waals surface area (Å²) < 4.78 is 22.0.